The Kier molecular flexibility index (Phi) is 5.69. The van der Waals surface area contributed by atoms with Crippen LogP contribution in [0.25, 0.3) is 0 Å². The minimum Gasteiger partial charge on any atom is -0.396 e. The van der Waals surface area contributed by atoms with Gasteiger partial charge in [0.25, 0.3) is 0 Å². The Morgan fingerprint density at radius 1 is 1.29 bits per heavy atom. The van der Waals surface area contributed by atoms with Crippen LogP contribution >= 0.6 is 0 Å². The number of anilines is 2. The lowest BCUT2D eigenvalue weighted by Gasteiger charge is -2.18. The van der Waals surface area contributed by atoms with Crippen LogP contribution in [0.3, 0.4) is 0 Å². The van der Waals surface area contributed by atoms with Gasteiger partial charge in [-0.2, -0.15) is 0 Å². The molecule has 0 bridgehead atoms. The lowest BCUT2D eigenvalue weighted by atomic mass is 10.2. The van der Waals surface area contributed by atoms with Gasteiger partial charge in [-0.15, -0.1) is 0 Å². The number of aliphatic hydroxyl groups excluding tert-OH is 1. The maximum Gasteiger partial charge on any atom is 0.134 e. The van der Waals surface area contributed by atoms with E-state index in [1.807, 2.05) is 27.1 Å². The van der Waals surface area contributed by atoms with Gasteiger partial charge in [0.1, 0.15) is 17.5 Å². The molecule has 1 aromatic heterocycles. The molecule has 0 aliphatic heterocycles. The zero-order valence-electron chi connectivity index (χ0n) is 10.9. The molecule has 0 aromatic carbocycles. The Bertz CT molecular complexity index is 343. The summed E-state index contributed by atoms with van der Waals surface area (Å²) in [6.07, 6.45) is 2.98. The standard InChI is InChI=1S/C12H22N4O/c1-10-14-11(13-2)9-12(15-10)16(3)7-5-4-6-8-17/h9,17H,4-8H2,1-3H3,(H,13,14,15). The van der Waals surface area contributed by atoms with Gasteiger partial charge in [0.2, 0.25) is 0 Å². The lowest BCUT2D eigenvalue weighted by Crippen LogP contribution is -2.20. The van der Waals surface area contributed by atoms with E-state index in [0.717, 1.165) is 43.3 Å². The summed E-state index contributed by atoms with van der Waals surface area (Å²) in [6.45, 7) is 3.11. The SMILES string of the molecule is CNc1cc(N(C)CCCCCO)nc(C)n1. The van der Waals surface area contributed by atoms with Gasteiger partial charge in [0.05, 0.1) is 0 Å². The van der Waals surface area contributed by atoms with E-state index >= 15 is 0 Å². The summed E-state index contributed by atoms with van der Waals surface area (Å²) >= 11 is 0. The minimum absolute atomic E-state index is 0.278. The minimum atomic E-state index is 0.278. The Morgan fingerprint density at radius 2 is 2.06 bits per heavy atom. The molecule has 1 heterocycles. The van der Waals surface area contributed by atoms with Crippen molar-refractivity contribution in [3.8, 4) is 0 Å². The molecular weight excluding hydrogens is 216 g/mol. The van der Waals surface area contributed by atoms with Gasteiger partial charge in [0.15, 0.2) is 0 Å². The summed E-state index contributed by atoms with van der Waals surface area (Å²) in [7, 11) is 3.88. The number of aromatic nitrogens is 2. The molecule has 0 spiro atoms. The first kappa shape index (κ1) is 13.7. The third kappa shape index (κ3) is 4.56. The first-order chi connectivity index (χ1) is 8.17. The maximum absolute atomic E-state index is 8.71. The molecule has 0 radical (unpaired) electrons. The molecule has 1 rings (SSSR count). The van der Waals surface area contributed by atoms with Crippen molar-refractivity contribution >= 4 is 11.6 Å². The van der Waals surface area contributed by atoms with E-state index in [4.69, 9.17) is 5.11 Å². The van der Waals surface area contributed by atoms with E-state index in [0.29, 0.717) is 0 Å². The van der Waals surface area contributed by atoms with Crippen LogP contribution in [0, 0.1) is 6.92 Å². The second-order valence-electron chi connectivity index (χ2n) is 4.11. The highest BCUT2D eigenvalue weighted by atomic mass is 16.2. The van der Waals surface area contributed by atoms with Crippen LogP contribution in [-0.4, -0.2) is 42.3 Å². The Labute approximate surface area is 103 Å². The monoisotopic (exact) mass is 238 g/mol. The fourth-order valence-electron chi connectivity index (χ4n) is 1.63. The Hall–Kier alpha value is -1.36. The smallest absolute Gasteiger partial charge is 0.134 e. The van der Waals surface area contributed by atoms with Crippen LogP contribution in [0.4, 0.5) is 11.6 Å². The molecule has 96 valence electrons. The largest absolute Gasteiger partial charge is 0.396 e. The molecule has 0 saturated heterocycles. The summed E-state index contributed by atoms with van der Waals surface area (Å²) in [4.78, 5) is 10.8. The third-order valence-corrected chi connectivity index (χ3v) is 2.62. The topological polar surface area (TPSA) is 61.3 Å². The number of rotatable bonds is 7. The van der Waals surface area contributed by atoms with Gasteiger partial charge in [-0.25, -0.2) is 9.97 Å². The van der Waals surface area contributed by atoms with Gasteiger partial charge in [0, 0.05) is 33.3 Å². The molecule has 1 aromatic rings. The Balaban J connectivity index is 2.55. The maximum atomic E-state index is 8.71. The van der Waals surface area contributed by atoms with Crippen LogP contribution < -0.4 is 10.2 Å². The first-order valence-electron chi connectivity index (χ1n) is 6.03. The highest BCUT2D eigenvalue weighted by Crippen LogP contribution is 2.14. The average Bonchev–Trinajstić information content (AvgIpc) is 2.33. The van der Waals surface area contributed by atoms with Gasteiger partial charge in [-0.1, -0.05) is 0 Å². The predicted molar refractivity (Wildman–Crippen MR) is 70.5 cm³/mol. The molecule has 0 amide bonds. The highest BCUT2D eigenvalue weighted by molar-refractivity contribution is 5.48. The quantitative estimate of drug-likeness (QED) is 0.704. The number of aryl methyl sites for hydroxylation is 1. The summed E-state index contributed by atoms with van der Waals surface area (Å²) in [6, 6.07) is 1.94. The van der Waals surface area contributed by atoms with Gasteiger partial charge in [-0.3, -0.25) is 0 Å². The molecule has 0 saturated carbocycles. The van der Waals surface area contributed by atoms with E-state index in [2.05, 4.69) is 20.2 Å². The molecule has 5 nitrogen and oxygen atoms in total. The zero-order valence-corrected chi connectivity index (χ0v) is 10.9. The lowest BCUT2D eigenvalue weighted by molar-refractivity contribution is 0.283. The first-order valence-corrected chi connectivity index (χ1v) is 6.03. The number of nitrogens with one attached hydrogen (secondary N) is 1. The molecule has 0 aliphatic rings. The second kappa shape index (κ2) is 7.06. The highest BCUT2D eigenvalue weighted by Gasteiger charge is 2.05. The number of hydrogen-bond donors (Lipinski definition) is 2. The fraction of sp³-hybridized carbons (Fsp3) is 0.667. The van der Waals surface area contributed by atoms with Crippen LogP contribution in [0.2, 0.25) is 0 Å². The van der Waals surface area contributed by atoms with Crippen LogP contribution in [-0.2, 0) is 0 Å². The molecule has 0 atom stereocenters. The van der Waals surface area contributed by atoms with Crippen molar-refractivity contribution in [1.82, 2.24) is 9.97 Å². The number of unbranched alkanes of at least 4 members (excludes halogenated alkanes) is 2. The van der Waals surface area contributed by atoms with Crippen LogP contribution in [0.15, 0.2) is 6.07 Å². The van der Waals surface area contributed by atoms with Crippen LogP contribution in [0.5, 0.6) is 0 Å². The number of hydrogen-bond acceptors (Lipinski definition) is 5. The van der Waals surface area contributed by atoms with E-state index in [1.54, 1.807) is 0 Å². The van der Waals surface area contributed by atoms with Gasteiger partial charge >= 0.3 is 0 Å². The van der Waals surface area contributed by atoms with Crippen molar-refractivity contribution in [3.63, 3.8) is 0 Å². The second-order valence-corrected chi connectivity index (χ2v) is 4.11. The summed E-state index contributed by atoms with van der Waals surface area (Å²) in [5.41, 5.74) is 0. The summed E-state index contributed by atoms with van der Waals surface area (Å²) in [5.74, 6) is 2.55. The molecule has 5 heteroatoms. The Morgan fingerprint density at radius 3 is 2.71 bits per heavy atom. The fourth-order valence-corrected chi connectivity index (χ4v) is 1.63. The van der Waals surface area contributed by atoms with E-state index in [1.165, 1.54) is 0 Å². The van der Waals surface area contributed by atoms with Crippen molar-refractivity contribution in [3.05, 3.63) is 11.9 Å². The van der Waals surface area contributed by atoms with Crippen molar-refractivity contribution in [2.45, 2.75) is 26.2 Å². The van der Waals surface area contributed by atoms with Crippen LogP contribution in [0.1, 0.15) is 25.1 Å². The van der Waals surface area contributed by atoms with Crippen molar-refractivity contribution in [2.24, 2.45) is 0 Å². The van der Waals surface area contributed by atoms with Gasteiger partial charge in [-0.05, 0) is 26.2 Å². The molecule has 17 heavy (non-hydrogen) atoms. The molecule has 0 unspecified atom stereocenters. The molecule has 0 fully saturated rings. The summed E-state index contributed by atoms with van der Waals surface area (Å²) in [5, 5.41) is 11.7. The molecule has 2 N–H and O–H groups in total. The molecular formula is C12H22N4O. The molecule has 0 aliphatic carbocycles. The van der Waals surface area contributed by atoms with E-state index in [9.17, 15) is 0 Å². The normalized spacial score (nSPS) is 10.4. The summed E-state index contributed by atoms with van der Waals surface area (Å²) < 4.78 is 0. The van der Waals surface area contributed by atoms with Crippen molar-refractivity contribution < 1.29 is 5.11 Å². The van der Waals surface area contributed by atoms with Crippen molar-refractivity contribution in [2.75, 3.05) is 37.5 Å². The third-order valence-electron chi connectivity index (χ3n) is 2.62. The van der Waals surface area contributed by atoms with E-state index in [-0.39, 0.29) is 6.61 Å². The van der Waals surface area contributed by atoms with E-state index < -0.39 is 0 Å². The van der Waals surface area contributed by atoms with Crippen molar-refractivity contribution in [1.29, 1.82) is 0 Å². The number of nitrogens with zero attached hydrogens (tertiary/aromatic N) is 3. The predicted octanol–water partition coefficient (Wildman–Crippen LogP) is 1.43. The average molecular weight is 238 g/mol. The van der Waals surface area contributed by atoms with Gasteiger partial charge < -0.3 is 15.3 Å². The number of aliphatic hydroxyl groups is 1. The zero-order chi connectivity index (χ0) is 12.7.